The molecule has 1 aliphatic carbocycles. The van der Waals surface area contributed by atoms with Crippen LogP contribution in [0.5, 0.6) is 0 Å². The molecule has 1 N–H and O–H groups in total. The molecule has 3 heterocycles. The number of rotatable bonds is 1. The van der Waals surface area contributed by atoms with E-state index in [1.165, 1.54) is 65.0 Å². The largest absolute Gasteiger partial charge is 0.317 e. The molecular weight excluding hydrogens is 222 g/mol. The van der Waals surface area contributed by atoms with Crippen LogP contribution in [-0.4, -0.2) is 62.2 Å². The van der Waals surface area contributed by atoms with Crippen LogP contribution in [0, 0.1) is 17.3 Å². The van der Waals surface area contributed by atoms with E-state index in [0.29, 0.717) is 0 Å². The Bertz CT molecular complexity index is 302. The first-order chi connectivity index (χ1) is 8.74. The lowest BCUT2D eigenvalue weighted by atomic mass is 9.60. The maximum absolute atomic E-state index is 3.51. The van der Waals surface area contributed by atoms with Crippen molar-refractivity contribution in [2.24, 2.45) is 17.3 Å². The molecule has 0 bridgehead atoms. The molecule has 4 aliphatic rings. The number of hydrogen-bond acceptors (Lipinski definition) is 3. The molecule has 102 valence electrons. The number of nitrogens with zero attached hydrogens (tertiary/aromatic N) is 2. The van der Waals surface area contributed by atoms with Crippen molar-refractivity contribution in [3.05, 3.63) is 0 Å². The highest BCUT2D eigenvalue weighted by Gasteiger charge is 2.50. The fraction of sp³-hybridized carbons (Fsp3) is 1.00. The van der Waals surface area contributed by atoms with Gasteiger partial charge in [-0.2, -0.15) is 0 Å². The molecule has 0 aromatic rings. The third-order valence-corrected chi connectivity index (χ3v) is 6.21. The molecule has 1 saturated carbocycles. The zero-order valence-electron chi connectivity index (χ0n) is 11.7. The van der Waals surface area contributed by atoms with Crippen LogP contribution >= 0.6 is 0 Å². The molecule has 3 saturated heterocycles. The van der Waals surface area contributed by atoms with Gasteiger partial charge in [0.1, 0.15) is 0 Å². The van der Waals surface area contributed by atoms with E-state index in [4.69, 9.17) is 0 Å². The number of likely N-dealkylation sites (tertiary alicyclic amines) is 2. The van der Waals surface area contributed by atoms with Crippen molar-refractivity contribution in [3.8, 4) is 0 Å². The Labute approximate surface area is 111 Å². The van der Waals surface area contributed by atoms with Gasteiger partial charge in [-0.3, -0.25) is 4.90 Å². The van der Waals surface area contributed by atoms with Gasteiger partial charge < -0.3 is 10.2 Å². The molecule has 3 heteroatoms. The third-order valence-electron chi connectivity index (χ3n) is 6.21. The lowest BCUT2D eigenvalue weighted by molar-refractivity contribution is -0.0147. The van der Waals surface area contributed by atoms with E-state index in [0.717, 1.165) is 23.3 Å². The minimum Gasteiger partial charge on any atom is -0.317 e. The predicted octanol–water partition coefficient (Wildman–Crippen LogP) is 1.01. The van der Waals surface area contributed by atoms with Crippen LogP contribution < -0.4 is 5.32 Å². The number of hydrogen-bond donors (Lipinski definition) is 1. The van der Waals surface area contributed by atoms with Gasteiger partial charge in [0.2, 0.25) is 0 Å². The third kappa shape index (κ3) is 1.83. The number of nitrogens with one attached hydrogen (secondary N) is 1. The molecule has 1 spiro atoms. The first kappa shape index (κ1) is 11.7. The molecule has 3 nitrogen and oxygen atoms in total. The van der Waals surface area contributed by atoms with Crippen LogP contribution in [0.4, 0.5) is 0 Å². The van der Waals surface area contributed by atoms with E-state index in [1.807, 2.05) is 0 Å². The zero-order chi connectivity index (χ0) is 12.2. The van der Waals surface area contributed by atoms with E-state index in [1.54, 1.807) is 0 Å². The summed E-state index contributed by atoms with van der Waals surface area (Å²) in [6.45, 7) is 8.03. The van der Waals surface area contributed by atoms with Crippen molar-refractivity contribution in [1.82, 2.24) is 15.1 Å². The van der Waals surface area contributed by atoms with E-state index in [9.17, 15) is 0 Å². The van der Waals surface area contributed by atoms with Gasteiger partial charge in [0.05, 0.1) is 0 Å². The van der Waals surface area contributed by atoms with Crippen molar-refractivity contribution >= 4 is 0 Å². The number of piperidine rings is 1. The molecule has 18 heavy (non-hydrogen) atoms. The second-order valence-electron chi connectivity index (χ2n) is 7.51. The minimum atomic E-state index is 0.754. The van der Waals surface area contributed by atoms with Gasteiger partial charge in [-0.05, 0) is 63.1 Å². The summed E-state index contributed by atoms with van der Waals surface area (Å²) in [6.07, 6.45) is 5.88. The summed E-state index contributed by atoms with van der Waals surface area (Å²) in [5.74, 6) is 1.97. The summed E-state index contributed by atoms with van der Waals surface area (Å²) in [7, 11) is 2.29. The minimum absolute atomic E-state index is 0.754. The summed E-state index contributed by atoms with van der Waals surface area (Å²) in [5, 5.41) is 3.51. The molecule has 4 fully saturated rings. The summed E-state index contributed by atoms with van der Waals surface area (Å²) in [5.41, 5.74) is 0.754. The Balaban J connectivity index is 1.32. The lowest BCUT2D eigenvalue weighted by Gasteiger charge is -2.53. The zero-order valence-corrected chi connectivity index (χ0v) is 11.7. The average Bonchev–Trinajstić information content (AvgIpc) is 2.83. The van der Waals surface area contributed by atoms with Gasteiger partial charge in [0, 0.05) is 32.2 Å². The van der Waals surface area contributed by atoms with Crippen molar-refractivity contribution in [2.45, 2.75) is 31.7 Å². The molecule has 0 radical (unpaired) electrons. The highest BCUT2D eigenvalue weighted by atomic mass is 15.2. The normalized spacial score (nSPS) is 41.2. The summed E-state index contributed by atoms with van der Waals surface area (Å²) < 4.78 is 0. The molecule has 0 aromatic carbocycles. The summed E-state index contributed by atoms with van der Waals surface area (Å²) in [4.78, 5) is 5.37. The highest BCUT2D eigenvalue weighted by Crippen LogP contribution is 2.51. The quantitative estimate of drug-likeness (QED) is 0.748. The Kier molecular flexibility index (Phi) is 2.72. The van der Waals surface area contributed by atoms with Crippen molar-refractivity contribution in [3.63, 3.8) is 0 Å². The van der Waals surface area contributed by atoms with Gasteiger partial charge in [0.15, 0.2) is 0 Å². The topological polar surface area (TPSA) is 18.5 Å². The van der Waals surface area contributed by atoms with Gasteiger partial charge >= 0.3 is 0 Å². The second-order valence-corrected chi connectivity index (χ2v) is 7.51. The van der Waals surface area contributed by atoms with Gasteiger partial charge in [-0.15, -0.1) is 0 Å². The van der Waals surface area contributed by atoms with E-state index in [2.05, 4.69) is 22.2 Å². The second kappa shape index (κ2) is 4.19. The molecule has 0 aromatic heterocycles. The Morgan fingerprint density at radius 2 is 1.56 bits per heavy atom. The predicted molar refractivity (Wildman–Crippen MR) is 73.6 cm³/mol. The summed E-state index contributed by atoms with van der Waals surface area (Å²) >= 11 is 0. The molecule has 3 aliphatic heterocycles. The van der Waals surface area contributed by atoms with Crippen LogP contribution in [0.15, 0.2) is 0 Å². The van der Waals surface area contributed by atoms with Crippen molar-refractivity contribution < 1.29 is 0 Å². The highest BCUT2D eigenvalue weighted by molar-refractivity contribution is 5.04. The first-order valence-corrected chi connectivity index (χ1v) is 7.87. The molecule has 0 amide bonds. The van der Waals surface area contributed by atoms with Crippen LogP contribution in [0.3, 0.4) is 0 Å². The molecule has 4 rings (SSSR count). The maximum atomic E-state index is 3.51. The molecular formula is C15H27N3. The van der Waals surface area contributed by atoms with Gasteiger partial charge in [-0.25, -0.2) is 0 Å². The van der Waals surface area contributed by atoms with Crippen molar-refractivity contribution in [2.75, 3.05) is 46.3 Å². The van der Waals surface area contributed by atoms with Crippen LogP contribution in [0.2, 0.25) is 0 Å². The number of fused-ring (bicyclic) bond motifs is 1. The maximum Gasteiger partial charge on any atom is 0.0106 e. The molecule has 2 atom stereocenters. The smallest absolute Gasteiger partial charge is 0.0106 e. The first-order valence-electron chi connectivity index (χ1n) is 7.87. The summed E-state index contributed by atoms with van der Waals surface area (Å²) in [6, 6.07) is 0.944. The Morgan fingerprint density at radius 3 is 2.17 bits per heavy atom. The SMILES string of the molecule is CN1CC2CN(C3CC4(CCNCC4)C3)CC2C1. The van der Waals surface area contributed by atoms with Gasteiger partial charge in [0.25, 0.3) is 0 Å². The monoisotopic (exact) mass is 249 g/mol. The van der Waals surface area contributed by atoms with E-state index >= 15 is 0 Å². The Hall–Kier alpha value is -0.120. The van der Waals surface area contributed by atoms with Crippen LogP contribution in [0.1, 0.15) is 25.7 Å². The average molecular weight is 249 g/mol. The van der Waals surface area contributed by atoms with Crippen molar-refractivity contribution in [1.29, 1.82) is 0 Å². The van der Waals surface area contributed by atoms with E-state index < -0.39 is 0 Å². The lowest BCUT2D eigenvalue weighted by Crippen LogP contribution is -2.54. The van der Waals surface area contributed by atoms with E-state index in [-0.39, 0.29) is 0 Å². The Morgan fingerprint density at radius 1 is 0.944 bits per heavy atom. The standard InChI is InChI=1S/C15H27N3/c1-17-8-12-10-18(11-13(12)9-17)14-6-15(7-14)2-4-16-5-3-15/h12-14,16H,2-11H2,1H3. The van der Waals surface area contributed by atoms with Crippen LogP contribution in [-0.2, 0) is 0 Å². The fourth-order valence-electron chi connectivity index (χ4n) is 5.13. The van der Waals surface area contributed by atoms with Crippen LogP contribution in [0.25, 0.3) is 0 Å². The molecule has 2 unspecified atom stereocenters. The van der Waals surface area contributed by atoms with Gasteiger partial charge in [-0.1, -0.05) is 0 Å². The fourth-order valence-corrected chi connectivity index (χ4v) is 5.13.